The summed E-state index contributed by atoms with van der Waals surface area (Å²) in [4.78, 5) is 2.61. The van der Waals surface area contributed by atoms with Gasteiger partial charge in [0.2, 0.25) is 0 Å². The second kappa shape index (κ2) is 5.66. The van der Waals surface area contributed by atoms with Gasteiger partial charge in [0, 0.05) is 13.1 Å². The molecule has 1 aromatic rings. The Hall–Kier alpha value is -0.820. The van der Waals surface area contributed by atoms with Crippen LogP contribution in [0.15, 0.2) is 24.3 Å². The third kappa shape index (κ3) is 3.82. The lowest BCUT2D eigenvalue weighted by atomic mass is 9.86. The standard InChI is InChI=1S/C18H29N/c1-14-10-11-19(12-15(14)2)13-16-6-8-17(9-7-16)18(3,4)5/h6-9,14-15H,10-13H2,1-5H3/t14-,15-/m1/s1. The third-order valence-electron chi connectivity index (χ3n) is 4.64. The lowest BCUT2D eigenvalue weighted by Crippen LogP contribution is -2.37. The van der Waals surface area contributed by atoms with Gasteiger partial charge in [-0.25, -0.2) is 0 Å². The summed E-state index contributed by atoms with van der Waals surface area (Å²) in [6, 6.07) is 9.21. The second-order valence-electron chi connectivity index (χ2n) is 7.43. The van der Waals surface area contributed by atoms with Gasteiger partial charge in [-0.2, -0.15) is 0 Å². The first kappa shape index (κ1) is 14.6. The molecule has 1 aromatic carbocycles. The average Bonchev–Trinajstić information content (AvgIpc) is 2.33. The van der Waals surface area contributed by atoms with Crippen molar-refractivity contribution >= 4 is 0 Å². The number of nitrogens with zero attached hydrogens (tertiary/aromatic N) is 1. The highest BCUT2D eigenvalue weighted by atomic mass is 15.1. The van der Waals surface area contributed by atoms with Gasteiger partial charge in [-0.05, 0) is 41.3 Å². The summed E-state index contributed by atoms with van der Waals surface area (Å²) in [5, 5.41) is 0. The number of benzene rings is 1. The van der Waals surface area contributed by atoms with E-state index in [0.29, 0.717) is 0 Å². The van der Waals surface area contributed by atoms with Crippen molar-refractivity contribution < 1.29 is 0 Å². The van der Waals surface area contributed by atoms with Crippen LogP contribution in [0, 0.1) is 11.8 Å². The van der Waals surface area contributed by atoms with Crippen LogP contribution in [-0.4, -0.2) is 18.0 Å². The first-order valence-corrected chi connectivity index (χ1v) is 7.68. The van der Waals surface area contributed by atoms with Gasteiger partial charge in [-0.3, -0.25) is 4.90 Å². The maximum absolute atomic E-state index is 2.61. The van der Waals surface area contributed by atoms with Crippen molar-refractivity contribution in [3.63, 3.8) is 0 Å². The normalized spacial score (nSPS) is 25.5. The summed E-state index contributed by atoms with van der Waals surface area (Å²) < 4.78 is 0. The summed E-state index contributed by atoms with van der Waals surface area (Å²) in [7, 11) is 0. The van der Waals surface area contributed by atoms with Crippen LogP contribution in [-0.2, 0) is 12.0 Å². The second-order valence-corrected chi connectivity index (χ2v) is 7.43. The fourth-order valence-corrected chi connectivity index (χ4v) is 2.86. The Bertz CT molecular complexity index is 399. The fraction of sp³-hybridized carbons (Fsp3) is 0.667. The minimum absolute atomic E-state index is 0.258. The van der Waals surface area contributed by atoms with Crippen molar-refractivity contribution in [1.82, 2.24) is 4.90 Å². The molecular formula is C18H29N. The molecule has 1 aliphatic rings. The quantitative estimate of drug-likeness (QED) is 0.758. The summed E-state index contributed by atoms with van der Waals surface area (Å²) in [6.07, 6.45) is 1.35. The van der Waals surface area contributed by atoms with Crippen molar-refractivity contribution in [1.29, 1.82) is 0 Å². The molecule has 1 heteroatoms. The Labute approximate surface area is 119 Å². The van der Waals surface area contributed by atoms with Crippen LogP contribution in [0.25, 0.3) is 0 Å². The molecule has 0 saturated carbocycles. The number of hydrogen-bond donors (Lipinski definition) is 0. The van der Waals surface area contributed by atoms with E-state index >= 15 is 0 Å². The van der Waals surface area contributed by atoms with Gasteiger partial charge in [0.1, 0.15) is 0 Å². The minimum Gasteiger partial charge on any atom is -0.299 e. The summed E-state index contributed by atoms with van der Waals surface area (Å²) in [5.74, 6) is 1.72. The van der Waals surface area contributed by atoms with Gasteiger partial charge >= 0.3 is 0 Å². The highest BCUT2D eigenvalue weighted by Gasteiger charge is 2.22. The van der Waals surface area contributed by atoms with Crippen LogP contribution in [0.1, 0.15) is 52.2 Å². The molecule has 0 amide bonds. The first-order chi connectivity index (χ1) is 8.86. The molecule has 0 spiro atoms. The Morgan fingerprint density at radius 3 is 2.21 bits per heavy atom. The van der Waals surface area contributed by atoms with Crippen molar-refractivity contribution in [3.8, 4) is 0 Å². The van der Waals surface area contributed by atoms with E-state index in [1.54, 1.807) is 0 Å². The Kier molecular flexibility index (Phi) is 4.35. The van der Waals surface area contributed by atoms with E-state index in [0.717, 1.165) is 18.4 Å². The van der Waals surface area contributed by atoms with Crippen LogP contribution in [0.2, 0.25) is 0 Å². The number of piperidine rings is 1. The van der Waals surface area contributed by atoms with Gasteiger partial charge in [-0.1, -0.05) is 58.9 Å². The molecule has 0 bridgehead atoms. The monoisotopic (exact) mass is 259 g/mol. The summed E-state index contributed by atoms with van der Waals surface area (Å²) >= 11 is 0. The van der Waals surface area contributed by atoms with Crippen molar-refractivity contribution in [2.24, 2.45) is 11.8 Å². The zero-order valence-corrected chi connectivity index (χ0v) is 13.2. The zero-order chi connectivity index (χ0) is 14.0. The molecule has 0 N–H and O–H groups in total. The largest absolute Gasteiger partial charge is 0.299 e. The number of likely N-dealkylation sites (tertiary alicyclic amines) is 1. The van der Waals surface area contributed by atoms with E-state index in [4.69, 9.17) is 0 Å². The van der Waals surface area contributed by atoms with Crippen LogP contribution in [0.3, 0.4) is 0 Å². The average molecular weight is 259 g/mol. The molecule has 0 aliphatic carbocycles. The van der Waals surface area contributed by atoms with E-state index in [2.05, 4.69) is 63.8 Å². The number of hydrogen-bond acceptors (Lipinski definition) is 1. The van der Waals surface area contributed by atoms with Crippen molar-refractivity contribution in [2.75, 3.05) is 13.1 Å². The Balaban J connectivity index is 1.97. The van der Waals surface area contributed by atoms with Gasteiger partial charge < -0.3 is 0 Å². The predicted molar refractivity (Wildman–Crippen MR) is 83.4 cm³/mol. The van der Waals surface area contributed by atoms with E-state index in [9.17, 15) is 0 Å². The van der Waals surface area contributed by atoms with E-state index < -0.39 is 0 Å². The van der Waals surface area contributed by atoms with E-state index in [-0.39, 0.29) is 5.41 Å². The van der Waals surface area contributed by atoms with Crippen LogP contribution < -0.4 is 0 Å². The summed E-state index contributed by atoms with van der Waals surface area (Å²) in [5.41, 5.74) is 3.14. The van der Waals surface area contributed by atoms with Crippen LogP contribution in [0.4, 0.5) is 0 Å². The smallest absolute Gasteiger partial charge is 0.0233 e. The van der Waals surface area contributed by atoms with Gasteiger partial charge in [0.25, 0.3) is 0 Å². The lowest BCUT2D eigenvalue weighted by Gasteiger charge is -2.35. The molecule has 1 nitrogen and oxygen atoms in total. The fourth-order valence-electron chi connectivity index (χ4n) is 2.86. The molecule has 1 heterocycles. The summed E-state index contributed by atoms with van der Waals surface area (Å²) in [6.45, 7) is 15.2. The molecule has 2 atom stereocenters. The molecule has 0 aromatic heterocycles. The molecule has 0 radical (unpaired) electrons. The van der Waals surface area contributed by atoms with Crippen molar-refractivity contribution in [2.45, 2.75) is 53.0 Å². The molecule has 1 saturated heterocycles. The molecule has 106 valence electrons. The first-order valence-electron chi connectivity index (χ1n) is 7.68. The SMILES string of the molecule is C[C@@H]1CCN(Cc2ccc(C(C)(C)C)cc2)C[C@H]1C. The molecule has 1 aliphatic heterocycles. The molecular weight excluding hydrogens is 230 g/mol. The molecule has 19 heavy (non-hydrogen) atoms. The van der Waals surface area contributed by atoms with E-state index in [1.807, 2.05) is 0 Å². The van der Waals surface area contributed by atoms with Crippen molar-refractivity contribution in [3.05, 3.63) is 35.4 Å². The van der Waals surface area contributed by atoms with Gasteiger partial charge in [0.15, 0.2) is 0 Å². The highest BCUT2D eigenvalue weighted by molar-refractivity contribution is 5.27. The van der Waals surface area contributed by atoms with Gasteiger partial charge in [-0.15, -0.1) is 0 Å². The predicted octanol–water partition coefficient (Wildman–Crippen LogP) is 4.46. The topological polar surface area (TPSA) is 3.24 Å². The van der Waals surface area contributed by atoms with Crippen LogP contribution >= 0.6 is 0 Å². The van der Waals surface area contributed by atoms with E-state index in [1.165, 1.54) is 30.6 Å². The van der Waals surface area contributed by atoms with Gasteiger partial charge in [0.05, 0.1) is 0 Å². The molecule has 0 unspecified atom stereocenters. The zero-order valence-electron chi connectivity index (χ0n) is 13.2. The molecule has 1 fully saturated rings. The number of rotatable bonds is 2. The highest BCUT2D eigenvalue weighted by Crippen LogP contribution is 2.25. The maximum Gasteiger partial charge on any atom is 0.0233 e. The lowest BCUT2D eigenvalue weighted by molar-refractivity contribution is 0.132. The molecule has 2 rings (SSSR count). The van der Waals surface area contributed by atoms with Crippen LogP contribution in [0.5, 0.6) is 0 Å². The Morgan fingerprint density at radius 2 is 1.68 bits per heavy atom. The maximum atomic E-state index is 2.61. The minimum atomic E-state index is 0.258. The third-order valence-corrected chi connectivity index (χ3v) is 4.64. The Morgan fingerprint density at radius 1 is 1.05 bits per heavy atom.